The molecular formula is C17H20N2O2. The van der Waals surface area contributed by atoms with Crippen LogP contribution < -0.4 is 15.8 Å². The zero-order valence-electron chi connectivity index (χ0n) is 12.3. The Morgan fingerprint density at radius 1 is 1.19 bits per heavy atom. The smallest absolute Gasteiger partial charge is 0.257 e. The van der Waals surface area contributed by atoms with Gasteiger partial charge in [0.15, 0.2) is 0 Å². The van der Waals surface area contributed by atoms with Crippen molar-refractivity contribution >= 4 is 17.3 Å². The summed E-state index contributed by atoms with van der Waals surface area (Å²) in [5, 5.41) is 2.84. The van der Waals surface area contributed by atoms with Gasteiger partial charge in [0, 0.05) is 11.4 Å². The van der Waals surface area contributed by atoms with E-state index in [0.29, 0.717) is 23.5 Å². The van der Waals surface area contributed by atoms with Gasteiger partial charge >= 0.3 is 0 Å². The average Bonchev–Trinajstić information content (AvgIpc) is 2.49. The first-order valence-corrected chi connectivity index (χ1v) is 7.00. The minimum atomic E-state index is -0.210. The second-order valence-corrected chi connectivity index (χ2v) is 4.92. The van der Waals surface area contributed by atoms with E-state index in [2.05, 4.69) is 12.2 Å². The predicted octanol–water partition coefficient (Wildman–Crippen LogP) is 3.62. The van der Waals surface area contributed by atoms with E-state index < -0.39 is 0 Å². The van der Waals surface area contributed by atoms with Crippen LogP contribution in [0.15, 0.2) is 42.5 Å². The Morgan fingerprint density at radius 3 is 2.57 bits per heavy atom. The topological polar surface area (TPSA) is 64.3 Å². The first-order chi connectivity index (χ1) is 10.1. The lowest BCUT2D eigenvalue weighted by atomic mass is 10.1. The van der Waals surface area contributed by atoms with Gasteiger partial charge in [0.1, 0.15) is 5.75 Å². The van der Waals surface area contributed by atoms with E-state index in [1.165, 1.54) is 0 Å². The van der Waals surface area contributed by atoms with E-state index in [4.69, 9.17) is 10.5 Å². The fraction of sp³-hybridized carbons (Fsp3) is 0.235. The van der Waals surface area contributed by atoms with Crippen LogP contribution in [-0.4, -0.2) is 12.5 Å². The fourth-order valence-corrected chi connectivity index (χ4v) is 1.92. The number of carbonyl (C=O) groups is 1. The van der Waals surface area contributed by atoms with Crippen LogP contribution in [0.25, 0.3) is 0 Å². The fourth-order valence-electron chi connectivity index (χ4n) is 1.92. The molecule has 21 heavy (non-hydrogen) atoms. The third-order valence-corrected chi connectivity index (χ3v) is 3.04. The molecular weight excluding hydrogens is 264 g/mol. The maximum absolute atomic E-state index is 12.2. The molecule has 0 saturated heterocycles. The number of nitrogens with two attached hydrogens (primary N) is 1. The molecule has 110 valence electrons. The molecule has 0 radical (unpaired) electrons. The highest BCUT2D eigenvalue weighted by molar-refractivity contribution is 6.07. The largest absolute Gasteiger partial charge is 0.494 e. The molecule has 0 fully saturated rings. The lowest BCUT2D eigenvalue weighted by Gasteiger charge is -2.09. The number of amides is 1. The number of ether oxygens (including phenoxy) is 1. The molecule has 0 aromatic heterocycles. The maximum atomic E-state index is 12.2. The first kappa shape index (κ1) is 14.9. The van der Waals surface area contributed by atoms with Gasteiger partial charge in [-0.05, 0) is 49.7 Å². The summed E-state index contributed by atoms with van der Waals surface area (Å²) in [6.45, 7) is 4.67. The van der Waals surface area contributed by atoms with Crippen LogP contribution in [0.3, 0.4) is 0 Å². The number of aryl methyl sites for hydroxylation is 1. The van der Waals surface area contributed by atoms with Gasteiger partial charge in [0.05, 0.1) is 12.2 Å². The third kappa shape index (κ3) is 3.99. The lowest BCUT2D eigenvalue weighted by molar-refractivity contribution is 0.102. The number of nitrogen functional groups attached to an aromatic ring is 1. The second-order valence-electron chi connectivity index (χ2n) is 4.92. The van der Waals surface area contributed by atoms with E-state index >= 15 is 0 Å². The van der Waals surface area contributed by atoms with Crippen molar-refractivity contribution in [1.82, 2.24) is 0 Å². The number of rotatable bonds is 5. The van der Waals surface area contributed by atoms with Crippen molar-refractivity contribution in [3.8, 4) is 5.75 Å². The Hall–Kier alpha value is -2.49. The van der Waals surface area contributed by atoms with Crippen LogP contribution in [0.2, 0.25) is 0 Å². The predicted molar refractivity (Wildman–Crippen MR) is 85.8 cm³/mol. The number of benzene rings is 2. The van der Waals surface area contributed by atoms with Crippen molar-refractivity contribution in [2.75, 3.05) is 17.7 Å². The van der Waals surface area contributed by atoms with Crippen LogP contribution in [0.5, 0.6) is 5.75 Å². The van der Waals surface area contributed by atoms with Crippen LogP contribution >= 0.6 is 0 Å². The van der Waals surface area contributed by atoms with Gasteiger partial charge in [0.2, 0.25) is 0 Å². The minimum Gasteiger partial charge on any atom is -0.494 e. The summed E-state index contributed by atoms with van der Waals surface area (Å²) in [7, 11) is 0. The SMILES string of the molecule is CCCOc1ccc(NC(=O)c2cc(C)ccc2N)cc1. The number of hydrogen-bond donors (Lipinski definition) is 2. The Morgan fingerprint density at radius 2 is 1.90 bits per heavy atom. The molecule has 2 aromatic rings. The molecule has 2 aromatic carbocycles. The van der Waals surface area contributed by atoms with E-state index in [1.54, 1.807) is 12.1 Å². The molecule has 0 bridgehead atoms. The van der Waals surface area contributed by atoms with Crippen LogP contribution in [0, 0.1) is 6.92 Å². The molecule has 2 rings (SSSR count). The lowest BCUT2D eigenvalue weighted by Crippen LogP contribution is -2.14. The molecule has 4 heteroatoms. The summed E-state index contributed by atoms with van der Waals surface area (Å²) in [6.07, 6.45) is 0.963. The Kier molecular flexibility index (Phi) is 4.82. The number of nitrogens with one attached hydrogen (secondary N) is 1. The quantitative estimate of drug-likeness (QED) is 0.824. The molecule has 0 heterocycles. The number of anilines is 2. The standard InChI is InChI=1S/C17H20N2O2/c1-3-10-21-14-7-5-13(6-8-14)19-17(20)15-11-12(2)4-9-16(15)18/h4-9,11H,3,10,18H2,1-2H3,(H,19,20). The molecule has 0 aliphatic rings. The monoisotopic (exact) mass is 284 g/mol. The van der Waals surface area contributed by atoms with Gasteiger partial charge in [-0.1, -0.05) is 18.6 Å². The van der Waals surface area contributed by atoms with Gasteiger partial charge in [0.25, 0.3) is 5.91 Å². The summed E-state index contributed by atoms with van der Waals surface area (Å²) in [5.74, 6) is 0.586. The molecule has 0 aliphatic heterocycles. The second kappa shape index (κ2) is 6.79. The highest BCUT2D eigenvalue weighted by Gasteiger charge is 2.10. The summed E-state index contributed by atoms with van der Waals surface area (Å²) in [4.78, 5) is 12.2. The molecule has 4 nitrogen and oxygen atoms in total. The van der Waals surface area contributed by atoms with Gasteiger partial charge in [-0.3, -0.25) is 4.79 Å². The van der Waals surface area contributed by atoms with Gasteiger partial charge < -0.3 is 15.8 Å². The van der Waals surface area contributed by atoms with Crippen molar-refractivity contribution in [3.05, 3.63) is 53.6 Å². The first-order valence-electron chi connectivity index (χ1n) is 7.00. The molecule has 3 N–H and O–H groups in total. The van der Waals surface area contributed by atoms with Gasteiger partial charge in [-0.25, -0.2) is 0 Å². The van der Waals surface area contributed by atoms with E-state index in [0.717, 1.165) is 17.7 Å². The molecule has 0 atom stereocenters. The average molecular weight is 284 g/mol. The third-order valence-electron chi connectivity index (χ3n) is 3.04. The molecule has 0 saturated carbocycles. The Labute approximate surface area is 124 Å². The normalized spacial score (nSPS) is 10.2. The number of hydrogen-bond acceptors (Lipinski definition) is 3. The van der Waals surface area contributed by atoms with Crippen LogP contribution in [-0.2, 0) is 0 Å². The molecule has 1 amide bonds. The van der Waals surface area contributed by atoms with Crippen molar-refractivity contribution in [2.24, 2.45) is 0 Å². The summed E-state index contributed by atoms with van der Waals surface area (Å²) >= 11 is 0. The van der Waals surface area contributed by atoms with Crippen molar-refractivity contribution in [3.63, 3.8) is 0 Å². The molecule has 0 spiro atoms. The highest BCUT2D eigenvalue weighted by Crippen LogP contribution is 2.19. The summed E-state index contributed by atoms with van der Waals surface area (Å²) in [5.41, 5.74) is 8.51. The van der Waals surface area contributed by atoms with Gasteiger partial charge in [-0.15, -0.1) is 0 Å². The number of carbonyl (C=O) groups excluding carboxylic acids is 1. The van der Waals surface area contributed by atoms with E-state index in [-0.39, 0.29) is 5.91 Å². The highest BCUT2D eigenvalue weighted by atomic mass is 16.5. The Bertz CT molecular complexity index is 621. The maximum Gasteiger partial charge on any atom is 0.257 e. The van der Waals surface area contributed by atoms with Crippen molar-refractivity contribution in [1.29, 1.82) is 0 Å². The van der Waals surface area contributed by atoms with E-state index in [9.17, 15) is 4.79 Å². The minimum absolute atomic E-state index is 0.210. The van der Waals surface area contributed by atoms with Crippen molar-refractivity contribution < 1.29 is 9.53 Å². The van der Waals surface area contributed by atoms with Gasteiger partial charge in [-0.2, -0.15) is 0 Å². The summed E-state index contributed by atoms with van der Waals surface area (Å²) in [6, 6.07) is 12.7. The Balaban J connectivity index is 2.07. The zero-order chi connectivity index (χ0) is 15.2. The summed E-state index contributed by atoms with van der Waals surface area (Å²) < 4.78 is 5.50. The van der Waals surface area contributed by atoms with E-state index in [1.807, 2.05) is 37.3 Å². The van der Waals surface area contributed by atoms with Crippen molar-refractivity contribution in [2.45, 2.75) is 20.3 Å². The zero-order valence-corrected chi connectivity index (χ0v) is 12.3. The molecule has 0 unspecified atom stereocenters. The molecule has 0 aliphatic carbocycles. The van der Waals surface area contributed by atoms with Crippen LogP contribution in [0.4, 0.5) is 11.4 Å². The van der Waals surface area contributed by atoms with Crippen LogP contribution in [0.1, 0.15) is 29.3 Å².